The molecule has 0 aliphatic heterocycles. The summed E-state index contributed by atoms with van der Waals surface area (Å²) in [4.78, 5) is 24.1. The third kappa shape index (κ3) is 4.28. The summed E-state index contributed by atoms with van der Waals surface area (Å²) in [6.45, 7) is 7.63. The standard InChI is InChI=1S/C13H19N3O2S2/c1-6(2)5-9(17)15-13(19)16-12-10(11(14)18)7(3)8(4)20-12/h6H,5H2,1-4H3,(H2,14,18)(H2,15,16,17,19). The molecule has 20 heavy (non-hydrogen) atoms. The van der Waals surface area contributed by atoms with Crippen molar-refractivity contribution in [3.05, 3.63) is 16.0 Å². The van der Waals surface area contributed by atoms with E-state index in [0.717, 1.165) is 10.4 Å². The molecule has 1 aromatic rings. The molecule has 0 spiro atoms. The Hall–Kier alpha value is -1.47. The first-order valence-electron chi connectivity index (χ1n) is 6.23. The van der Waals surface area contributed by atoms with Crippen molar-refractivity contribution in [3.63, 3.8) is 0 Å². The van der Waals surface area contributed by atoms with Crippen LogP contribution in [0.5, 0.6) is 0 Å². The number of rotatable bonds is 4. The van der Waals surface area contributed by atoms with Gasteiger partial charge in [0.1, 0.15) is 5.00 Å². The summed E-state index contributed by atoms with van der Waals surface area (Å²) in [6, 6.07) is 0. The molecule has 0 radical (unpaired) electrons. The Morgan fingerprint density at radius 3 is 2.45 bits per heavy atom. The molecule has 0 atom stereocenters. The number of nitrogens with two attached hydrogens (primary N) is 1. The van der Waals surface area contributed by atoms with Crippen molar-refractivity contribution < 1.29 is 9.59 Å². The Labute approximate surface area is 127 Å². The van der Waals surface area contributed by atoms with E-state index in [1.165, 1.54) is 11.3 Å². The largest absolute Gasteiger partial charge is 0.365 e. The van der Waals surface area contributed by atoms with Crippen molar-refractivity contribution in [3.8, 4) is 0 Å². The summed E-state index contributed by atoms with van der Waals surface area (Å²) < 4.78 is 0. The van der Waals surface area contributed by atoms with Crippen LogP contribution in [0, 0.1) is 19.8 Å². The van der Waals surface area contributed by atoms with Gasteiger partial charge in [0.05, 0.1) is 5.56 Å². The van der Waals surface area contributed by atoms with Gasteiger partial charge in [0.25, 0.3) is 5.91 Å². The van der Waals surface area contributed by atoms with Crippen molar-refractivity contribution in [1.29, 1.82) is 0 Å². The molecule has 5 nitrogen and oxygen atoms in total. The van der Waals surface area contributed by atoms with Gasteiger partial charge in [-0.15, -0.1) is 11.3 Å². The highest BCUT2D eigenvalue weighted by Crippen LogP contribution is 2.31. The zero-order chi connectivity index (χ0) is 15.4. The Morgan fingerprint density at radius 2 is 1.95 bits per heavy atom. The van der Waals surface area contributed by atoms with Crippen molar-refractivity contribution in [2.45, 2.75) is 34.1 Å². The van der Waals surface area contributed by atoms with Crippen LogP contribution in [0.2, 0.25) is 0 Å². The van der Waals surface area contributed by atoms with Crippen LogP contribution in [-0.4, -0.2) is 16.9 Å². The number of aryl methyl sites for hydroxylation is 1. The van der Waals surface area contributed by atoms with Gasteiger partial charge in [-0.2, -0.15) is 0 Å². The fourth-order valence-electron chi connectivity index (χ4n) is 1.69. The summed E-state index contributed by atoms with van der Waals surface area (Å²) in [5.41, 5.74) is 6.63. The SMILES string of the molecule is Cc1sc(NC(=S)NC(=O)CC(C)C)c(C(N)=O)c1C. The van der Waals surface area contributed by atoms with E-state index in [0.29, 0.717) is 17.0 Å². The van der Waals surface area contributed by atoms with Gasteiger partial charge in [-0.05, 0) is 37.5 Å². The topological polar surface area (TPSA) is 84.2 Å². The quantitative estimate of drug-likeness (QED) is 0.745. The summed E-state index contributed by atoms with van der Waals surface area (Å²) in [5, 5.41) is 6.22. The van der Waals surface area contributed by atoms with E-state index in [2.05, 4.69) is 10.6 Å². The predicted octanol–water partition coefficient (Wildman–Crippen LogP) is 2.32. The maximum atomic E-state index is 11.6. The molecule has 1 rings (SSSR count). The van der Waals surface area contributed by atoms with Crippen LogP contribution in [0.3, 0.4) is 0 Å². The zero-order valence-corrected chi connectivity index (χ0v) is 13.6. The van der Waals surface area contributed by atoms with Gasteiger partial charge >= 0.3 is 0 Å². The van der Waals surface area contributed by atoms with Crippen LogP contribution in [0.15, 0.2) is 0 Å². The number of thiophene rings is 1. The molecule has 0 aliphatic carbocycles. The number of nitrogens with one attached hydrogen (secondary N) is 2. The summed E-state index contributed by atoms with van der Waals surface area (Å²) in [5.74, 6) is -0.404. The molecule has 2 amide bonds. The monoisotopic (exact) mass is 313 g/mol. The van der Waals surface area contributed by atoms with Crippen molar-refractivity contribution in [2.24, 2.45) is 11.7 Å². The molecule has 0 unspecified atom stereocenters. The van der Waals surface area contributed by atoms with Gasteiger partial charge in [-0.1, -0.05) is 13.8 Å². The first-order valence-corrected chi connectivity index (χ1v) is 7.45. The molecule has 1 aromatic heterocycles. The molecule has 0 saturated carbocycles. The van der Waals surface area contributed by atoms with Crippen molar-refractivity contribution >= 4 is 45.5 Å². The Morgan fingerprint density at radius 1 is 1.35 bits per heavy atom. The minimum atomic E-state index is -0.509. The van der Waals surface area contributed by atoms with E-state index in [1.54, 1.807) is 0 Å². The molecule has 0 fully saturated rings. The number of hydrogen-bond donors (Lipinski definition) is 3. The average molecular weight is 313 g/mol. The molecular weight excluding hydrogens is 294 g/mol. The van der Waals surface area contributed by atoms with Crippen LogP contribution < -0.4 is 16.4 Å². The molecular formula is C13H19N3O2S2. The maximum absolute atomic E-state index is 11.6. The Bertz CT molecular complexity index is 550. The van der Waals surface area contributed by atoms with E-state index in [4.69, 9.17) is 18.0 Å². The lowest BCUT2D eigenvalue weighted by Crippen LogP contribution is -2.35. The van der Waals surface area contributed by atoms with Gasteiger partial charge in [0, 0.05) is 11.3 Å². The van der Waals surface area contributed by atoms with Crippen LogP contribution >= 0.6 is 23.6 Å². The number of hydrogen-bond acceptors (Lipinski definition) is 4. The number of thiocarbonyl (C=S) groups is 1. The molecule has 110 valence electrons. The third-order valence-corrected chi connectivity index (χ3v) is 4.03. The molecule has 7 heteroatoms. The lowest BCUT2D eigenvalue weighted by Gasteiger charge is -2.10. The lowest BCUT2D eigenvalue weighted by molar-refractivity contribution is -0.120. The van der Waals surface area contributed by atoms with Crippen molar-refractivity contribution in [1.82, 2.24) is 5.32 Å². The zero-order valence-electron chi connectivity index (χ0n) is 12.0. The second kappa shape index (κ2) is 6.81. The third-order valence-electron chi connectivity index (χ3n) is 2.71. The smallest absolute Gasteiger partial charge is 0.251 e. The van der Waals surface area contributed by atoms with E-state index in [-0.39, 0.29) is 16.9 Å². The maximum Gasteiger partial charge on any atom is 0.251 e. The highest BCUT2D eigenvalue weighted by molar-refractivity contribution is 7.80. The van der Waals surface area contributed by atoms with E-state index in [1.807, 2.05) is 27.7 Å². The first kappa shape index (κ1) is 16.6. The highest BCUT2D eigenvalue weighted by Gasteiger charge is 2.18. The fourth-order valence-corrected chi connectivity index (χ4v) is 3.05. The number of primary amides is 1. The van der Waals surface area contributed by atoms with Crippen LogP contribution in [-0.2, 0) is 4.79 Å². The van der Waals surface area contributed by atoms with E-state index < -0.39 is 5.91 Å². The normalized spacial score (nSPS) is 10.4. The number of anilines is 1. The molecule has 0 bridgehead atoms. The van der Waals surface area contributed by atoms with Crippen LogP contribution in [0.25, 0.3) is 0 Å². The molecule has 0 saturated heterocycles. The van der Waals surface area contributed by atoms with Gasteiger partial charge in [0.15, 0.2) is 5.11 Å². The molecule has 4 N–H and O–H groups in total. The van der Waals surface area contributed by atoms with Crippen LogP contribution in [0.1, 0.15) is 41.1 Å². The Kier molecular flexibility index (Phi) is 5.64. The summed E-state index contributed by atoms with van der Waals surface area (Å²) in [7, 11) is 0. The number of amides is 2. The predicted molar refractivity (Wildman–Crippen MR) is 86.1 cm³/mol. The number of carbonyl (C=O) groups excluding carboxylic acids is 2. The summed E-state index contributed by atoms with van der Waals surface area (Å²) >= 11 is 6.46. The van der Waals surface area contributed by atoms with Gasteiger partial charge in [0.2, 0.25) is 5.91 Å². The molecule has 0 aliphatic rings. The highest BCUT2D eigenvalue weighted by atomic mass is 32.1. The summed E-state index contributed by atoms with van der Waals surface area (Å²) in [6.07, 6.45) is 0.396. The van der Waals surface area contributed by atoms with Gasteiger partial charge in [-0.3, -0.25) is 9.59 Å². The second-order valence-corrected chi connectivity index (χ2v) is 6.58. The first-order chi connectivity index (χ1) is 9.22. The molecule has 0 aromatic carbocycles. The fraction of sp³-hybridized carbons (Fsp3) is 0.462. The van der Waals surface area contributed by atoms with Gasteiger partial charge in [-0.25, -0.2) is 0 Å². The average Bonchev–Trinajstić information content (AvgIpc) is 2.52. The van der Waals surface area contributed by atoms with E-state index >= 15 is 0 Å². The minimum absolute atomic E-state index is 0.150. The van der Waals surface area contributed by atoms with Crippen molar-refractivity contribution in [2.75, 3.05) is 5.32 Å². The lowest BCUT2D eigenvalue weighted by atomic mass is 10.1. The number of carbonyl (C=O) groups is 2. The van der Waals surface area contributed by atoms with Gasteiger partial charge < -0.3 is 16.4 Å². The van der Waals surface area contributed by atoms with E-state index in [9.17, 15) is 9.59 Å². The Balaban J connectivity index is 2.79. The minimum Gasteiger partial charge on any atom is -0.365 e. The van der Waals surface area contributed by atoms with Crippen LogP contribution in [0.4, 0.5) is 5.00 Å². The second-order valence-electron chi connectivity index (χ2n) is 4.95. The molecule has 1 heterocycles.